The van der Waals surface area contributed by atoms with Crippen LogP contribution in [0.2, 0.25) is 0 Å². The third kappa shape index (κ3) is 1.98. The Morgan fingerprint density at radius 3 is 3.25 bits per heavy atom. The molecule has 0 aromatic carbocycles. The lowest BCUT2D eigenvalue weighted by Crippen LogP contribution is -2.10. The minimum atomic E-state index is 0.539. The molecule has 0 N–H and O–H groups in total. The number of halogens is 1. The van der Waals surface area contributed by atoms with E-state index in [0.29, 0.717) is 5.92 Å². The van der Waals surface area contributed by atoms with Crippen molar-refractivity contribution in [1.29, 1.82) is 0 Å². The van der Waals surface area contributed by atoms with E-state index in [1.165, 1.54) is 18.6 Å². The molecule has 0 bridgehead atoms. The van der Waals surface area contributed by atoms with Gasteiger partial charge in [-0.05, 0) is 30.7 Å². The van der Waals surface area contributed by atoms with Crippen LogP contribution in [0.25, 0.3) is 5.65 Å². The number of rotatable bonds is 1. The van der Waals surface area contributed by atoms with E-state index in [1.807, 2.05) is 34.6 Å². The van der Waals surface area contributed by atoms with Gasteiger partial charge in [-0.1, -0.05) is 15.9 Å². The van der Waals surface area contributed by atoms with Crippen molar-refractivity contribution in [2.24, 2.45) is 0 Å². The lowest BCUT2D eigenvalue weighted by Gasteiger charge is -2.17. The maximum Gasteiger partial charge on any atom is 0.156 e. The molecule has 0 aliphatic carbocycles. The van der Waals surface area contributed by atoms with Crippen LogP contribution in [0.1, 0.15) is 24.6 Å². The van der Waals surface area contributed by atoms with Gasteiger partial charge in [0.1, 0.15) is 0 Å². The van der Waals surface area contributed by atoms with Gasteiger partial charge >= 0.3 is 0 Å². The molecule has 0 radical (unpaired) electrons. The molecule has 3 heterocycles. The molecular formula is C11H12BrN3S. The first-order valence-electron chi connectivity index (χ1n) is 5.42. The Balaban J connectivity index is 1.97. The van der Waals surface area contributed by atoms with Gasteiger partial charge < -0.3 is 0 Å². The summed E-state index contributed by atoms with van der Waals surface area (Å²) in [4.78, 5) is 4.61. The number of aromatic nitrogens is 3. The predicted molar refractivity (Wildman–Crippen MR) is 70.0 cm³/mol. The van der Waals surface area contributed by atoms with Crippen LogP contribution in [0, 0.1) is 0 Å². The van der Waals surface area contributed by atoms with Crippen molar-refractivity contribution in [3.63, 3.8) is 0 Å². The van der Waals surface area contributed by atoms with Crippen molar-refractivity contribution >= 4 is 33.3 Å². The quantitative estimate of drug-likeness (QED) is 0.810. The van der Waals surface area contributed by atoms with Crippen LogP contribution in [0.15, 0.2) is 22.8 Å². The zero-order valence-corrected chi connectivity index (χ0v) is 11.2. The first kappa shape index (κ1) is 10.6. The van der Waals surface area contributed by atoms with Crippen molar-refractivity contribution in [3.8, 4) is 0 Å². The lowest BCUT2D eigenvalue weighted by atomic mass is 10.1. The molecule has 1 saturated heterocycles. The first-order valence-corrected chi connectivity index (χ1v) is 7.37. The normalized spacial score (nSPS) is 21.4. The second kappa shape index (κ2) is 4.37. The number of hydrogen-bond donors (Lipinski definition) is 0. The molecule has 16 heavy (non-hydrogen) atoms. The molecule has 0 spiro atoms. The zero-order valence-electron chi connectivity index (χ0n) is 8.77. The highest BCUT2D eigenvalue weighted by Gasteiger charge is 2.20. The van der Waals surface area contributed by atoms with E-state index in [0.717, 1.165) is 21.7 Å². The van der Waals surface area contributed by atoms with Gasteiger partial charge in [0.05, 0.1) is 0 Å². The molecule has 3 rings (SSSR count). The highest BCUT2D eigenvalue weighted by Crippen LogP contribution is 2.29. The molecule has 1 unspecified atom stereocenters. The third-order valence-corrected chi connectivity index (χ3v) is 4.55. The summed E-state index contributed by atoms with van der Waals surface area (Å²) >= 11 is 5.46. The highest BCUT2D eigenvalue weighted by atomic mass is 79.9. The summed E-state index contributed by atoms with van der Waals surface area (Å²) in [5, 5.41) is 4.55. The second-order valence-corrected chi connectivity index (χ2v) is 6.10. The van der Waals surface area contributed by atoms with E-state index < -0.39 is 0 Å². The third-order valence-electron chi connectivity index (χ3n) is 2.84. The van der Waals surface area contributed by atoms with Crippen molar-refractivity contribution in [2.45, 2.75) is 18.8 Å². The minimum Gasteiger partial charge on any atom is -0.221 e. The molecule has 0 saturated carbocycles. The average molecular weight is 298 g/mol. The Morgan fingerprint density at radius 1 is 1.50 bits per heavy atom. The fraction of sp³-hybridized carbons (Fsp3) is 0.455. The van der Waals surface area contributed by atoms with Gasteiger partial charge in [-0.3, -0.25) is 0 Å². The smallest absolute Gasteiger partial charge is 0.156 e. The Kier molecular flexibility index (Phi) is 2.90. The van der Waals surface area contributed by atoms with E-state index in [9.17, 15) is 0 Å². The Labute approximate surface area is 107 Å². The monoisotopic (exact) mass is 297 g/mol. The standard InChI is InChI=1S/C11H12BrN3S/c12-9-3-4-15-10(6-9)13-11(14-15)8-2-1-5-16-7-8/h3-4,6,8H,1-2,5,7H2. The van der Waals surface area contributed by atoms with Crippen LogP contribution in [0.4, 0.5) is 0 Å². The Bertz CT molecular complexity index is 505. The maximum absolute atomic E-state index is 4.61. The topological polar surface area (TPSA) is 30.2 Å². The molecule has 2 aromatic rings. The fourth-order valence-electron chi connectivity index (χ4n) is 1.99. The molecule has 1 fully saturated rings. The Morgan fingerprint density at radius 2 is 2.44 bits per heavy atom. The number of thioether (sulfide) groups is 1. The van der Waals surface area contributed by atoms with E-state index >= 15 is 0 Å². The number of pyridine rings is 1. The van der Waals surface area contributed by atoms with Crippen LogP contribution in [-0.2, 0) is 0 Å². The van der Waals surface area contributed by atoms with Crippen molar-refractivity contribution in [3.05, 3.63) is 28.6 Å². The molecule has 0 amide bonds. The van der Waals surface area contributed by atoms with Crippen LogP contribution < -0.4 is 0 Å². The average Bonchev–Trinajstić information content (AvgIpc) is 2.73. The van der Waals surface area contributed by atoms with Gasteiger partial charge in [0.25, 0.3) is 0 Å². The molecule has 2 aromatic heterocycles. The van der Waals surface area contributed by atoms with Crippen LogP contribution in [0.3, 0.4) is 0 Å². The summed E-state index contributed by atoms with van der Waals surface area (Å²) in [5.41, 5.74) is 0.931. The molecule has 1 aliphatic heterocycles. The van der Waals surface area contributed by atoms with Crippen molar-refractivity contribution < 1.29 is 0 Å². The predicted octanol–water partition coefficient (Wildman–Crippen LogP) is 3.10. The van der Waals surface area contributed by atoms with Gasteiger partial charge in [0, 0.05) is 22.3 Å². The van der Waals surface area contributed by atoms with Crippen molar-refractivity contribution in [2.75, 3.05) is 11.5 Å². The summed E-state index contributed by atoms with van der Waals surface area (Å²) in [5.74, 6) is 4.00. The summed E-state index contributed by atoms with van der Waals surface area (Å²) < 4.78 is 2.91. The molecule has 1 aliphatic rings. The summed E-state index contributed by atoms with van der Waals surface area (Å²) in [7, 11) is 0. The van der Waals surface area contributed by atoms with Gasteiger partial charge in [-0.2, -0.15) is 16.9 Å². The molecule has 3 nitrogen and oxygen atoms in total. The Hall–Kier alpha value is -0.550. The minimum absolute atomic E-state index is 0.539. The maximum atomic E-state index is 4.61. The van der Waals surface area contributed by atoms with E-state index in [1.54, 1.807) is 0 Å². The largest absolute Gasteiger partial charge is 0.221 e. The molecule has 1 atom stereocenters. The van der Waals surface area contributed by atoms with Crippen LogP contribution in [0.5, 0.6) is 0 Å². The van der Waals surface area contributed by atoms with E-state index in [2.05, 4.69) is 26.0 Å². The van der Waals surface area contributed by atoms with E-state index in [-0.39, 0.29) is 0 Å². The fourth-order valence-corrected chi connectivity index (χ4v) is 3.45. The van der Waals surface area contributed by atoms with Gasteiger partial charge in [-0.15, -0.1) is 0 Å². The second-order valence-electron chi connectivity index (χ2n) is 4.03. The molecular weight excluding hydrogens is 286 g/mol. The molecule has 84 valence electrons. The first-order chi connectivity index (χ1) is 7.83. The number of nitrogens with zero attached hydrogens (tertiary/aromatic N) is 3. The SMILES string of the molecule is Brc1ccn2nc(C3CCCSC3)nc2c1. The summed E-state index contributed by atoms with van der Waals surface area (Å²) in [6.45, 7) is 0. The molecule has 5 heteroatoms. The van der Waals surface area contributed by atoms with Gasteiger partial charge in [0.15, 0.2) is 11.5 Å². The zero-order chi connectivity index (χ0) is 11.0. The highest BCUT2D eigenvalue weighted by molar-refractivity contribution is 9.10. The van der Waals surface area contributed by atoms with Gasteiger partial charge in [-0.25, -0.2) is 9.50 Å². The lowest BCUT2D eigenvalue weighted by molar-refractivity contribution is 0.622. The van der Waals surface area contributed by atoms with Crippen molar-refractivity contribution in [1.82, 2.24) is 14.6 Å². The summed E-state index contributed by atoms with van der Waals surface area (Å²) in [6, 6.07) is 3.99. The van der Waals surface area contributed by atoms with Crippen LogP contribution in [-0.4, -0.2) is 26.1 Å². The van der Waals surface area contributed by atoms with E-state index in [4.69, 9.17) is 0 Å². The number of hydrogen-bond acceptors (Lipinski definition) is 3. The number of fused-ring (bicyclic) bond motifs is 1. The summed E-state index contributed by atoms with van der Waals surface area (Å²) in [6.07, 6.45) is 4.46. The van der Waals surface area contributed by atoms with Gasteiger partial charge in [0.2, 0.25) is 0 Å². The van der Waals surface area contributed by atoms with Crippen LogP contribution >= 0.6 is 27.7 Å².